The topological polar surface area (TPSA) is 77.4 Å². The van der Waals surface area contributed by atoms with Gasteiger partial charge in [-0.15, -0.1) is 0 Å². The average molecular weight is 290 g/mol. The normalized spacial score (nSPS) is 21.5. The van der Waals surface area contributed by atoms with Crippen molar-refractivity contribution in [1.29, 1.82) is 0 Å². The Labute approximate surface area is 123 Å². The maximum absolute atomic E-state index is 12.8. The first kappa shape index (κ1) is 13.9. The predicted molar refractivity (Wildman–Crippen MR) is 77.2 cm³/mol. The van der Waals surface area contributed by atoms with Crippen LogP contribution in [-0.4, -0.2) is 22.6 Å². The van der Waals surface area contributed by atoms with Crippen LogP contribution >= 0.6 is 0 Å². The fourth-order valence-corrected chi connectivity index (χ4v) is 2.33. The summed E-state index contributed by atoms with van der Waals surface area (Å²) >= 11 is 0. The van der Waals surface area contributed by atoms with Gasteiger partial charge in [-0.3, -0.25) is 0 Å². The molecule has 5 nitrogen and oxygen atoms in total. The van der Waals surface area contributed by atoms with Crippen molar-refractivity contribution in [1.82, 2.24) is 9.99 Å². The van der Waals surface area contributed by atoms with Crippen molar-refractivity contribution < 1.29 is 9.13 Å². The summed E-state index contributed by atoms with van der Waals surface area (Å²) in [6.07, 6.45) is 7.87. The molecule has 0 spiro atoms. The molecule has 0 saturated heterocycles. The third-order valence-corrected chi connectivity index (χ3v) is 3.64. The highest BCUT2D eigenvalue weighted by Crippen LogP contribution is 2.31. The van der Waals surface area contributed by atoms with Crippen LogP contribution in [0.1, 0.15) is 19.3 Å². The largest absolute Gasteiger partial charge is 0.470 e. The minimum absolute atomic E-state index is 0.207. The summed E-state index contributed by atoms with van der Waals surface area (Å²) in [5, 5.41) is 1.72. The molecule has 21 heavy (non-hydrogen) atoms. The molecule has 1 unspecified atom stereocenters. The van der Waals surface area contributed by atoms with E-state index in [1.54, 1.807) is 5.01 Å². The number of aromatic nitrogens is 1. The standard InChI is InChI=1S/C15H19FN4O/c16-11-3-6-15(19-8-11)21-12-4-5-14(13(17)7-12)20(18)9-10-1-2-10/h3,5-8,10,12H,1-2,4,9,17-18H2. The lowest BCUT2D eigenvalue weighted by molar-refractivity contribution is 0.235. The summed E-state index contributed by atoms with van der Waals surface area (Å²) in [7, 11) is 0. The molecule has 1 atom stereocenters. The van der Waals surface area contributed by atoms with E-state index in [2.05, 4.69) is 4.98 Å². The van der Waals surface area contributed by atoms with Gasteiger partial charge >= 0.3 is 0 Å². The Morgan fingerprint density at radius 1 is 1.38 bits per heavy atom. The van der Waals surface area contributed by atoms with Crippen molar-refractivity contribution in [2.24, 2.45) is 17.5 Å². The molecule has 1 heterocycles. The van der Waals surface area contributed by atoms with E-state index >= 15 is 0 Å². The fraction of sp³-hybridized carbons (Fsp3) is 0.400. The first-order chi connectivity index (χ1) is 10.1. The van der Waals surface area contributed by atoms with E-state index in [4.69, 9.17) is 16.3 Å². The summed E-state index contributed by atoms with van der Waals surface area (Å²) in [5.74, 6) is 6.73. The van der Waals surface area contributed by atoms with Crippen LogP contribution in [0.15, 0.2) is 41.9 Å². The van der Waals surface area contributed by atoms with Crippen LogP contribution in [0.25, 0.3) is 0 Å². The van der Waals surface area contributed by atoms with Crippen molar-refractivity contribution >= 4 is 0 Å². The maximum atomic E-state index is 12.8. The van der Waals surface area contributed by atoms with E-state index in [9.17, 15) is 4.39 Å². The molecule has 4 N–H and O–H groups in total. The minimum Gasteiger partial charge on any atom is -0.470 e. The van der Waals surface area contributed by atoms with Gasteiger partial charge in [-0.25, -0.2) is 15.2 Å². The zero-order valence-electron chi connectivity index (χ0n) is 11.7. The summed E-state index contributed by atoms with van der Waals surface area (Å²) in [4.78, 5) is 3.88. The SMILES string of the molecule is NC1=CC(Oc2ccc(F)cn2)CC=C1N(N)CC1CC1. The van der Waals surface area contributed by atoms with Gasteiger partial charge in [0, 0.05) is 19.0 Å². The van der Waals surface area contributed by atoms with Crippen molar-refractivity contribution in [3.8, 4) is 5.88 Å². The molecule has 1 aromatic rings. The smallest absolute Gasteiger partial charge is 0.213 e. The lowest BCUT2D eigenvalue weighted by atomic mass is 10.1. The number of nitrogens with zero attached hydrogens (tertiary/aromatic N) is 2. The average Bonchev–Trinajstić information content (AvgIpc) is 3.25. The second-order valence-electron chi connectivity index (χ2n) is 5.51. The van der Waals surface area contributed by atoms with E-state index in [0.29, 0.717) is 23.9 Å². The minimum atomic E-state index is -0.387. The quantitative estimate of drug-likeness (QED) is 0.637. The van der Waals surface area contributed by atoms with Gasteiger partial charge < -0.3 is 15.5 Å². The Hall–Kier alpha value is -2.08. The van der Waals surface area contributed by atoms with E-state index < -0.39 is 0 Å². The summed E-state index contributed by atoms with van der Waals surface area (Å²) in [6, 6.07) is 2.82. The molecule has 112 valence electrons. The highest BCUT2D eigenvalue weighted by Gasteiger charge is 2.26. The van der Waals surface area contributed by atoms with Gasteiger partial charge in [0.05, 0.1) is 17.6 Å². The highest BCUT2D eigenvalue weighted by atomic mass is 19.1. The van der Waals surface area contributed by atoms with E-state index in [1.165, 1.54) is 25.0 Å². The van der Waals surface area contributed by atoms with Gasteiger partial charge in [0.15, 0.2) is 0 Å². The molecular weight excluding hydrogens is 271 g/mol. The molecule has 0 aliphatic heterocycles. The summed E-state index contributed by atoms with van der Waals surface area (Å²) in [5.41, 5.74) is 7.52. The predicted octanol–water partition coefficient (Wildman–Crippen LogP) is 1.68. The second-order valence-corrected chi connectivity index (χ2v) is 5.51. The molecule has 6 heteroatoms. The van der Waals surface area contributed by atoms with Gasteiger partial charge in [0.1, 0.15) is 11.9 Å². The maximum Gasteiger partial charge on any atom is 0.213 e. The molecule has 0 aromatic carbocycles. The Kier molecular flexibility index (Phi) is 3.79. The summed E-state index contributed by atoms with van der Waals surface area (Å²) in [6.45, 7) is 0.839. The number of hydrogen-bond acceptors (Lipinski definition) is 5. The summed E-state index contributed by atoms with van der Waals surface area (Å²) < 4.78 is 18.5. The lowest BCUT2D eigenvalue weighted by Crippen LogP contribution is -2.36. The van der Waals surface area contributed by atoms with E-state index in [-0.39, 0.29) is 11.9 Å². The molecule has 1 fully saturated rings. The van der Waals surface area contributed by atoms with Crippen LogP contribution in [0, 0.1) is 11.7 Å². The second kappa shape index (κ2) is 5.73. The highest BCUT2D eigenvalue weighted by molar-refractivity contribution is 5.32. The first-order valence-corrected chi connectivity index (χ1v) is 7.10. The van der Waals surface area contributed by atoms with Gasteiger partial charge in [-0.05, 0) is 30.9 Å². The third kappa shape index (κ3) is 3.52. The van der Waals surface area contributed by atoms with Crippen LogP contribution in [0.4, 0.5) is 4.39 Å². The molecule has 2 aliphatic rings. The van der Waals surface area contributed by atoms with Crippen LogP contribution in [0.2, 0.25) is 0 Å². The van der Waals surface area contributed by atoms with Crippen molar-refractivity contribution in [2.45, 2.75) is 25.4 Å². The van der Waals surface area contributed by atoms with Gasteiger partial charge in [-0.2, -0.15) is 0 Å². The van der Waals surface area contributed by atoms with Crippen LogP contribution in [0.5, 0.6) is 5.88 Å². The molecule has 3 rings (SSSR count). The lowest BCUT2D eigenvalue weighted by Gasteiger charge is -2.27. The molecule has 2 aliphatic carbocycles. The molecule has 0 radical (unpaired) electrons. The number of ether oxygens (including phenoxy) is 1. The Morgan fingerprint density at radius 2 is 2.19 bits per heavy atom. The van der Waals surface area contributed by atoms with Gasteiger partial charge in [0.2, 0.25) is 5.88 Å². The van der Waals surface area contributed by atoms with Gasteiger partial charge in [-0.1, -0.05) is 6.08 Å². The van der Waals surface area contributed by atoms with Gasteiger partial charge in [0.25, 0.3) is 0 Å². The number of nitrogens with two attached hydrogens (primary N) is 2. The molecule has 0 amide bonds. The van der Waals surface area contributed by atoms with Crippen molar-refractivity contribution in [3.63, 3.8) is 0 Å². The Balaban J connectivity index is 1.61. The number of hydrazine groups is 1. The van der Waals surface area contributed by atoms with Crippen LogP contribution < -0.4 is 16.3 Å². The van der Waals surface area contributed by atoms with Crippen molar-refractivity contribution in [3.05, 3.63) is 47.7 Å². The van der Waals surface area contributed by atoms with E-state index in [1.807, 2.05) is 12.2 Å². The number of rotatable bonds is 5. The zero-order chi connectivity index (χ0) is 14.8. The van der Waals surface area contributed by atoms with Crippen molar-refractivity contribution in [2.75, 3.05) is 6.54 Å². The van der Waals surface area contributed by atoms with Crippen LogP contribution in [0.3, 0.4) is 0 Å². The number of halogens is 1. The molecule has 0 bridgehead atoms. The fourth-order valence-electron chi connectivity index (χ4n) is 2.33. The number of pyridine rings is 1. The molecule has 1 aromatic heterocycles. The van der Waals surface area contributed by atoms with Crippen LogP contribution in [-0.2, 0) is 0 Å². The van der Waals surface area contributed by atoms with E-state index in [0.717, 1.165) is 18.4 Å². The third-order valence-electron chi connectivity index (χ3n) is 3.64. The molecular formula is C15H19FN4O. The first-order valence-electron chi connectivity index (χ1n) is 7.10. The zero-order valence-corrected chi connectivity index (χ0v) is 11.7. The number of hydrogen-bond donors (Lipinski definition) is 2. The monoisotopic (exact) mass is 290 g/mol. The Morgan fingerprint density at radius 3 is 2.81 bits per heavy atom. The Bertz CT molecular complexity index is 566. The molecule has 1 saturated carbocycles.